The van der Waals surface area contributed by atoms with Gasteiger partial charge in [0.2, 0.25) is 10.0 Å². The number of primary sulfonamides is 1. The van der Waals surface area contributed by atoms with Crippen LogP contribution in [0.15, 0.2) is 35.4 Å². The van der Waals surface area contributed by atoms with Gasteiger partial charge in [-0.15, -0.1) is 0 Å². The monoisotopic (exact) mass is 327 g/mol. The first-order chi connectivity index (χ1) is 9.68. The van der Waals surface area contributed by atoms with Gasteiger partial charge in [-0.05, 0) is 30.7 Å². The van der Waals surface area contributed by atoms with Crippen LogP contribution < -0.4 is 10.5 Å². The molecule has 1 aromatic heterocycles. The quantitative estimate of drug-likeness (QED) is 0.901. The summed E-state index contributed by atoms with van der Waals surface area (Å²) in [7, 11) is -2.14. The SMILES string of the molecule is Cc1ccc(S(N)(=O)=O)cc1NC(=O)c1cc(Cl)cn1C. The Morgan fingerprint density at radius 1 is 1.33 bits per heavy atom. The number of benzene rings is 1. The minimum absolute atomic E-state index is 0.0617. The average molecular weight is 328 g/mol. The Morgan fingerprint density at radius 3 is 2.52 bits per heavy atom. The molecule has 0 spiro atoms. The molecule has 0 saturated carbocycles. The Kier molecular flexibility index (Phi) is 4.08. The fraction of sp³-hybridized carbons (Fsp3) is 0.154. The maximum atomic E-state index is 12.2. The number of nitrogens with two attached hydrogens (primary N) is 1. The molecule has 0 atom stereocenters. The van der Waals surface area contributed by atoms with Gasteiger partial charge in [0, 0.05) is 18.9 Å². The molecule has 1 amide bonds. The zero-order valence-electron chi connectivity index (χ0n) is 11.4. The minimum Gasteiger partial charge on any atom is -0.345 e. The van der Waals surface area contributed by atoms with E-state index in [-0.39, 0.29) is 10.8 Å². The van der Waals surface area contributed by atoms with Crippen molar-refractivity contribution in [1.82, 2.24) is 4.57 Å². The van der Waals surface area contributed by atoms with Gasteiger partial charge in [0.15, 0.2) is 0 Å². The van der Waals surface area contributed by atoms with Crippen LogP contribution in [0.4, 0.5) is 5.69 Å². The second kappa shape index (κ2) is 5.51. The van der Waals surface area contributed by atoms with Gasteiger partial charge < -0.3 is 9.88 Å². The summed E-state index contributed by atoms with van der Waals surface area (Å²) >= 11 is 5.83. The van der Waals surface area contributed by atoms with E-state index in [9.17, 15) is 13.2 Å². The normalized spacial score (nSPS) is 11.4. The summed E-state index contributed by atoms with van der Waals surface area (Å²) in [4.78, 5) is 12.1. The van der Waals surface area contributed by atoms with Gasteiger partial charge in [-0.3, -0.25) is 4.79 Å². The maximum Gasteiger partial charge on any atom is 0.272 e. The lowest BCUT2D eigenvalue weighted by atomic mass is 10.2. The van der Waals surface area contributed by atoms with Crippen molar-refractivity contribution in [1.29, 1.82) is 0 Å². The van der Waals surface area contributed by atoms with Crippen LogP contribution in [0.25, 0.3) is 0 Å². The molecule has 0 aliphatic carbocycles. The summed E-state index contributed by atoms with van der Waals surface area (Å²) in [5.74, 6) is -0.390. The van der Waals surface area contributed by atoms with Crippen molar-refractivity contribution in [2.45, 2.75) is 11.8 Å². The molecule has 1 heterocycles. The standard InChI is InChI=1S/C13H14ClN3O3S/c1-8-3-4-10(21(15,19)20)6-11(8)16-13(18)12-5-9(14)7-17(12)2/h3-7H,1-2H3,(H,16,18)(H2,15,19,20). The molecule has 0 saturated heterocycles. The van der Waals surface area contributed by atoms with Crippen molar-refractivity contribution >= 4 is 33.2 Å². The number of carbonyl (C=O) groups is 1. The van der Waals surface area contributed by atoms with Gasteiger partial charge in [0.05, 0.1) is 9.92 Å². The Bertz CT molecular complexity index is 812. The Labute approximate surface area is 127 Å². The molecule has 0 radical (unpaired) electrons. The highest BCUT2D eigenvalue weighted by Crippen LogP contribution is 2.21. The molecule has 8 heteroatoms. The first-order valence-corrected chi connectivity index (χ1v) is 7.87. The largest absolute Gasteiger partial charge is 0.345 e. The number of halogens is 1. The van der Waals surface area contributed by atoms with E-state index in [1.165, 1.54) is 18.2 Å². The second-order valence-corrected chi connectivity index (χ2v) is 6.63. The lowest BCUT2D eigenvalue weighted by Crippen LogP contribution is -2.17. The predicted molar refractivity (Wildman–Crippen MR) is 80.9 cm³/mol. The van der Waals surface area contributed by atoms with Gasteiger partial charge in [-0.2, -0.15) is 0 Å². The van der Waals surface area contributed by atoms with Crippen LogP contribution in [0.3, 0.4) is 0 Å². The molecule has 0 fully saturated rings. The molecule has 0 bridgehead atoms. The molecule has 6 nitrogen and oxygen atoms in total. The molecule has 1 aromatic carbocycles. The number of hydrogen-bond acceptors (Lipinski definition) is 3. The average Bonchev–Trinajstić information content (AvgIpc) is 2.70. The third-order valence-electron chi connectivity index (χ3n) is 2.99. The van der Waals surface area contributed by atoms with Crippen LogP contribution in [0, 0.1) is 6.92 Å². The van der Waals surface area contributed by atoms with E-state index in [0.29, 0.717) is 16.4 Å². The number of rotatable bonds is 3. The Morgan fingerprint density at radius 2 is 2.00 bits per heavy atom. The topological polar surface area (TPSA) is 94.2 Å². The van der Waals surface area contributed by atoms with Gasteiger partial charge in [-0.1, -0.05) is 17.7 Å². The summed E-state index contributed by atoms with van der Waals surface area (Å²) in [5.41, 5.74) is 1.46. The van der Waals surface area contributed by atoms with E-state index in [4.69, 9.17) is 16.7 Å². The molecule has 112 valence electrons. The fourth-order valence-corrected chi connectivity index (χ4v) is 2.64. The smallest absolute Gasteiger partial charge is 0.272 e. The molecule has 0 aliphatic rings. The molecule has 2 aromatic rings. The number of anilines is 1. The first kappa shape index (κ1) is 15.6. The van der Waals surface area contributed by atoms with E-state index >= 15 is 0 Å². The summed E-state index contributed by atoms with van der Waals surface area (Å²) in [6.07, 6.45) is 1.60. The van der Waals surface area contributed by atoms with Crippen LogP contribution in [-0.4, -0.2) is 18.9 Å². The Hall–Kier alpha value is -1.83. The van der Waals surface area contributed by atoms with Crippen LogP contribution in [0.2, 0.25) is 5.02 Å². The number of aromatic nitrogens is 1. The molecular weight excluding hydrogens is 314 g/mol. The predicted octanol–water partition coefficient (Wildman–Crippen LogP) is 1.89. The van der Waals surface area contributed by atoms with E-state index in [0.717, 1.165) is 5.56 Å². The summed E-state index contributed by atoms with van der Waals surface area (Å²) < 4.78 is 24.3. The van der Waals surface area contributed by atoms with Crippen molar-refractivity contribution in [3.63, 3.8) is 0 Å². The van der Waals surface area contributed by atoms with Crippen molar-refractivity contribution in [3.8, 4) is 0 Å². The van der Waals surface area contributed by atoms with Crippen LogP contribution in [-0.2, 0) is 17.1 Å². The molecule has 3 N–H and O–H groups in total. The maximum absolute atomic E-state index is 12.2. The lowest BCUT2D eigenvalue weighted by molar-refractivity contribution is 0.101. The van der Waals surface area contributed by atoms with Crippen molar-refractivity contribution in [2.24, 2.45) is 12.2 Å². The van der Waals surface area contributed by atoms with Gasteiger partial charge in [0.1, 0.15) is 5.69 Å². The number of nitrogens with one attached hydrogen (secondary N) is 1. The molecule has 0 unspecified atom stereocenters. The number of amides is 1. The van der Waals surface area contributed by atoms with Crippen molar-refractivity contribution in [3.05, 3.63) is 46.7 Å². The summed E-state index contributed by atoms with van der Waals surface area (Å²) in [6, 6.07) is 5.82. The number of carbonyl (C=O) groups excluding carboxylic acids is 1. The lowest BCUT2D eigenvalue weighted by Gasteiger charge is -2.10. The highest BCUT2D eigenvalue weighted by Gasteiger charge is 2.15. The number of aryl methyl sites for hydroxylation is 2. The molecule has 2 rings (SSSR count). The number of nitrogens with zero attached hydrogens (tertiary/aromatic N) is 1. The van der Waals surface area contributed by atoms with E-state index in [1.807, 2.05) is 0 Å². The molecule has 21 heavy (non-hydrogen) atoms. The fourth-order valence-electron chi connectivity index (χ4n) is 1.85. The number of sulfonamides is 1. The third-order valence-corrected chi connectivity index (χ3v) is 4.11. The van der Waals surface area contributed by atoms with E-state index in [1.54, 1.807) is 30.8 Å². The first-order valence-electron chi connectivity index (χ1n) is 5.95. The van der Waals surface area contributed by atoms with E-state index in [2.05, 4.69) is 5.32 Å². The Balaban J connectivity index is 2.35. The van der Waals surface area contributed by atoms with E-state index < -0.39 is 10.0 Å². The molecular formula is C13H14ClN3O3S. The minimum atomic E-state index is -3.82. The highest BCUT2D eigenvalue weighted by molar-refractivity contribution is 7.89. The highest BCUT2D eigenvalue weighted by atomic mass is 35.5. The van der Waals surface area contributed by atoms with Crippen molar-refractivity contribution < 1.29 is 13.2 Å². The van der Waals surface area contributed by atoms with Gasteiger partial charge in [0.25, 0.3) is 5.91 Å². The third kappa shape index (κ3) is 3.44. The van der Waals surface area contributed by atoms with Crippen LogP contribution in [0.1, 0.15) is 16.1 Å². The van der Waals surface area contributed by atoms with Crippen LogP contribution >= 0.6 is 11.6 Å². The van der Waals surface area contributed by atoms with Crippen LogP contribution in [0.5, 0.6) is 0 Å². The van der Waals surface area contributed by atoms with Gasteiger partial charge in [-0.25, -0.2) is 13.6 Å². The summed E-state index contributed by atoms with van der Waals surface area (Å²) in [5, 5.41) is 8.18. The second-order valence-electron chi connectivity index (χ2n) is 4.63. The van der Waals surface area contributed by atoms with Crippen molar-refractivity contribution in [2.75, 3.05) is 5.32 Å². The zero-order valence-corrected chi connectivity index (χ0v) is 13.0. The zero-order chi connectivity index (χ0) is 15.8. The summed E-state index contributed by atoms with van der Waals surface area (Å²) in [6.45, 7) is 1.75. The molecule has 0 aliphatic heterocycles. The number of hydrogen-bond donors (Lipinski definition) is 2. The van der Waals surface area contributed by atoms with Gasteiger partial charge >= 0.3 is 0 Å².